The number of nitrogens with one attached hydrogen (secondary N) is 2. The van der Waals surface area contributed by atoms with E-state index in [0.717, 1.165) is 11.8 Å². The molecule has 0 aliphatic carbocycles. The van der Waals surface area contributed by atoms with Crippen molar-refractivity contribution in [2.75, 3.05) is 18.4 Å². The second-order valence-electron chi connectivity index (χ2n) is 8.58. The Morgan fingerprint density at radius 2 is 2.00 bits per heavy atom. The molecule has 2 N–H and O–H groups in total. The number of hydrogen-bond donors (Lipinski definition) is 2. The van der Waals surface area contributed by atoms with E-state index in [1.54, 1.807) is 17.2 Å². The van der Waals surface area contributed by atoms with Gasteiger partial charge in [0.05, 0.1) is 28.5 Å². The third-order valence-electron chi connectivity index (χ3n) is 5.86. The lowest BCUT2D eigenvalue weighted by molar-refractivity contribution is 0.0539. The average Bonchev–Trinajstić information content (AvgIpc) is 3.28. The molecular weight excluding hydrogens is 467 g/mol. The second-order valence-corrected chi connectivity index (χ2v) is 9.50. The molecule has 1 saturated heterocycles. The van der Waals surface area contributed by atoms with Crippen molar-refractivity contribution in [1.29, 1.82) is 0 Å². The highest BCUT2D eigenvalue weighted by Gasteiger charge is 2.34. The predicted molar refractivity (Wildman–Crippen MR) is 132 cm³/mol. The summed E-state index contributed by atoms with van der Waals surface area (Å²) >= 11 is 1.40. The number of benzene rings is 1. The molecule has 1 fully saturated rings. The number of hydrogen-bond acceptors (Lipinski definition) is 7. The van der Waals surface area contributed by atoms with Crippen molar-refractivity contribution >= 4 is 39.3 Å². The highest BCUT2D eigenvalue weighted by molar-refractivity contribution is 7.17. The fourth-order valence-corrected chi connectivity index (χ4v) is 4.77. The number of amides is 2. The number of halogens is 1. The molecule has 4 aromatic rings. The highest BCUT2D eigenvalue weighted by atomic mass is 32.1. The summed E-state index contributed by atoms with van der Waals surface area (Å²) in [4.78, 5) is 40.3. The third kappa shape index (κ3) is 4.83. The summed E-state index contributed by atoms with van der Waals surface area (Å²) in [5.41, 5.74) is 3.22. The summed E-state index contributed by atoms with van der Waals surface area (Å²) in [5, 5.41) is 7.98. The summed E-state index contributed by atoms with van der Waals surface area (Å²) in [6, 6.07) is 10.2. The first kappa shape index (κ1) is 22.9. The Morgan fingerprint density at radius 3 is 2.77 bits per heavy atom. The molecule has 3 aromatic heterocycles. The van der Waals surface area contributed by atoms with Gasteiger partial charge in [0.1, 0.15) is 5.82 Å². The lowest BCUT2D eigenvalue weighted by Crippen LogP contribution is -2.61. The van der Waals surface area contributed by atoms with E-state index in [0.29, 0.717) is 40.1 Å². The van der Waals surface area contributed by atoms with E-state index in [9.17, 15) is 14.0 Å². The zero-order chi connectivity index (χ0) is 24.5. The summed E-state index contributed by atoms with van der Waals surface area (Å²) in [5.74, 6) is -0.520. The Labute approximate surface area is 205 Å². The minimum Gasteiger partial charge on any atom is -0.348 e. The van der Waals surface area contributed by atoms with Crippen molar-refractivity contribution in [1.82, 2.24) is 25.2 Å². The number of rotatable bonds is 6. The lowest BCUT2D eigenvalue weighted by atomic mass is 10.1. The molecule has 178 valence electrons. The molecule has 0 radical (unpaired) electrons. The standard InChI is InChI=1S/C25H23FN6O2S/c1-14-4-3-5-16(8-14)23(33)29-19-12-32(13-19)24(34)21-22-20(6-7-35-22)30-25(31-21)28-15(2)17-9-18(26)11-27-10-17/h3-11,15,19H,12-13H2,1-2H3,(H,29,33)(H,28,30,31)/t15-/m0/s1. The van der Waals surface area contributed by atoms with Crippen LogP contribution in [0.2, 0.25) is 0 Å². The van der Waals surface area contributed by atoms with E-state index >= 15 is 0 Å². The number of pyridine rings is 1. The number of carbonyl (C=O) groups excluding carboxylic acids is 2. The number of anilines is 1. The van der Waals surface area contributed by atoms with Gasteiger partial charge in [-0.25, -0.2) is 14.4 Å². The molecule has 0 unspecified atom stereocenters. The van der Waals surface area contributed by atoms with Crippen LogP contribution in [0.3, 0.4) is 0 Å². The zero-order valence-corrected chi connectivity index (χ0v) is 20.0. The molecule has 10 heteroatoms. The Hall–Kier alpha value is -3.92. The number of aryl methyl sites for hydroxylation is 1. The highest BCUT2D eigenvalue weighted by Crippen LogP contribution is 2.27. The largest absolute Gasteiger partial charge is 0.348 e. The third-order valence-corrected chi connectivity index (χ3v) is 6.77. The summed E-state index contributed by atoms with van der Waals surface area (Å²) in [7, 11) is 0. The molecule has 1 aromatic carbocycles. The SMILES string of the molecule is Cc1cccc(C(=O)NC2CN(C(=O)c3nc(N[C@@H](C)c4cncc(F)c4)nc4ccsc34)C2)c1. The van der Waals surface area contributed by atoms with Gasteiger partial charge < -0.3 is 15.5 Å². The van der Waals surface area contributed by atoms with Gasteiger partial charge in [-0.2, -0.15) is 0 Å². The summed E-state index contributed by atoms with van der Waals surface area (Å²) in [6.07, 6.45) is 2.71. The number of likely N-dealkylation sites (tertiary alicyclic amines) is 1. The van der Waals surface area contributed by atoms with Gasteiger partial charge in [-0.05, 0) is 49.1 Å². The maximum Gasteiger partial charge on any atom is 0.274 e. The van der Waals surface area contributed by atoms with Crippen LogP contribution in [0.15, 0.2) is 54.2 Å². The van der Waals surface area contributed by atoms with Crippen molar-refractivity contribution in [3.05, 3.63) is 82.4 Å². The van der Waals surface area contributed by atoms with Crippen molar-refractivity contribution in [3.63, 3.8) is 0 Å². The Morgan fingerprint density at radius 1 is 1.17 bits per heavy atom. The molecule has 1 aliphatic heterocycles. The van der Waals surface area contributed by atoms with Gasteiger partial charge in [-0.1, -0.05) is 17.7 Å². The van der Waals surface area contributed by atoms with Crippen LogP contribution in [0.1, 0.15) is 44.9 Å². The van der Waals surface area contributed by atoms with Gasteiger partial charge in [0.2, 0.25) is 5.95 Å². The van der Waals surface area contributed by atoms with Gasteiger partial charge in [0.25, 0.3) is 11.8 Å². The molecule has 1 atom stereocenters. The quantitative estimate of drug-likeness (QED) is 0.424. The first-order chi connectivity index (χ1) is 16.9. The molecular formula is C25H23FN6O2S. The monoisotopic (exact) mass is 490 g/mol. The van der Waals surface area contributed by atoms with Crippen molar-refractivity contribution in [2.24, 2.45) is 0 Å². The van der Waals surface area contributed by atoms with Crippen LogP contribution in [0.4, 0.5) is 10.3 Å². The van der Waals surface area contributed by atoms with Crippen LogP contribution in [-0.4, -0.2) is 50.8 Å². The topological polar surface area (TPSA) is 100 Å². The maximum atomic E-state index is 13.6. The average molecular weight is 491 g/mol. The molecule has 8 nitrogen and oxygen atoms in total. The van der Waals surface area contributed by atoms with Gasteiger partial charge in [-0.15, -0.1) is 11.3 Å². The summed E-state index contributed by atoms with van der Waals surface area (Å²) in [6.45, 7) is 4.59. The van der Waals surface area contributed by atoms with Crippen LogP contribution >= 0.6 is 11.3 Å². The lowest BCUT2D eigenvalue weighted by Gasteiger charge is -2.39. The zero-order valence-electron chi connectivity index (χ0n) is 19.2. The van der Waals surface area contributed by atoms with Gasteiger partial charge in [-0.3, -0.25) is 14.6 Å². The minimum atomic E-state index is -0.428. The second kappa shape index (κ2) is 9.38. The smallest absolute Gasteiger partial charge is 0.274 e. The van der Waals surface area contributed by atoms with Crippen LogP contribution in [0, 0.1) is 12.7 Å². The van der Waals surface area contributed by atoms with E-state index in [1.165, 1.54) is 17.4 Å². The fourth-order valence-electron chi connectivity index (χ4n) is 3.96. The van der Waals surface area contributed by atoms with Crippen LogP contribution in [-0.2, 0) is 0 Å². The summed E-state index contributed by atoms with van der Waals surface area (Å²) < 4.78 is 14.3. The Kier molecular flexibility index (Phi) is 6.12. The van der Waals surface area contributed by atoms with Gasteiger partial charge in [0.15, 0.2) is 5.69 Å². The van der Waals surface area contributed by atoms with E-state index in [4.69, 9.17) is 0 Å². The molecule has 5 rings (SSSR count). The molecule has 2 amide bonds. The molecule has 0 bridgehead atoms. The Bertz CT molecular complexity index is 1420. The first-order valence-electron chi connectivity index (χ1n) is 11.2. The minimum absolute atomic E-state index is 0.120. The number of nitrogens with zero attached hydrogens (tertiary/aromatic N) is 4. The Balaban J connectivity index is 1.28. The molecule has 1 aliphatic rings. The normalized spacial score (nSPS) is 14.4. The van der Waals surface area contributed by atoms with Gasteiger partial charge >= 0.3 is 0 Å². The van der Waals surface area contributed by atoms with E-state index in [1.807, 2.05) is 43.5 Å². The van der Waals surface area contributed by atoms with Crippen molar-refractivity contribution in [3.8, 4) is 0 Å². The van der Waals surface area contributed by atoms with Crippen molar-refractivity contribution < 1.29 is 14.0 Å². The molecule has 0 saturated carbocycles. The number of aromatic nitrogens is 3. The van der Waals surface area contributed by atoms with Crippen LogP contribution in [0.25, 0.3) is 10.2 Å². The van der Waals surface area contributed by atoms with Gasteiger partial charge in [0, 0.05) is 24.8 Å². The van der Waals surface area contributed by atoms with Crippen molar-refractivity contribution in [2.45, 2.75) is 25.9 Å². The first-order valence-corrected chi connectivity index (χ1v) is 12.0. The predicted octanol–water partition coefficient (Wildman–Crippen LogP) is 3.96. The van der Waals surface area contributed by atoms with E-state index in [-0.39, 0.29) is 29.8 Å². The maximum absolute atomic E-state index is 13.6. The number of thiophene rings is 1. The van der Waals surface area contributed by atoms with E-state index < -0.39 is 5.82 Å². The molecule has 35 heavy (non-hydrogen) atoms. The van der Waals surface area contributed by atoms with Crippen LogP contribution < -0.4 is 10.6 Å². The fraction of sp³-hybridized carbons (Fsp3) is 0.240. The number of fused-ring (bicyclic) bond motifs is 1. The molecule has 4 heterocycles. The number of carbonyl (C=O) groups is 2. The van der Waals surface area contributed by atoms with E-state index in [2.05, 4.69) is 25.6 Å². The van der Waals surface area contributed by atoms with Crippen LogP contribution in [0.5, 0.6) is 0 Å². The molecule has 0 spiro atoms.